The number of rotatable bonds is 9. The van der Waals surface area contributed by atoms with Crippen molar-refractivity contribution in [3.63, 3.8) is 0 Å². The molecule has 0 spiro atoms. The number of carbonyl (C=O) groups is 2. The summed E-state index contributed by atoms with van der Waals surface area (Å²) < 4.78 is 43.0. The quantitative estimate of drug-likeness (QED) is 0.553. The molecule has 10 heteroatoms. The van der Waals surface area contributed by atoms with Gasteiger partial charge in [-0.15, -0.1) is 0 Å². The second-order valence-electron chi connectivity index (χ2n) is 7.62. The van der Waals surface area contributed by atoms with Crippen molar-refractivity contribution in [1.82, 2.24) is 4.31 Å². The summed E-state index contributed by atoms with van der Waals surface area (Å²) in [7, 11) is -3.71. The van der Waals surface area contributed by atoms with Gasteiger partial charge in [-0.05, 0) is 43.7 Å². The van der Waals surface area contributed by atoms with Crippen molar-refractivity contribution in [1.29, 1.82) is 0 Å². The lowest BCUT2D eigenvalue weighted by Gasteiger charge is -2.26. The first kappa shape index (κ1) is 24.7. The highest BCUT2D eigenvalue weighted by Crippen LogP contribution is 2.24. The van der Waals surface area contributed by atoms with E-state index in [9.17, 15) is 18.0 Å². The fraction of sp³-hybridized carbons (Fsp3) is 0.391. The van der Waals surface area contributed by atoms with Gasteiger partial charge in [-0.1, -0.05) is 23.8 Å². The molecule has 1 fully saturated rings. The van der Waals surface area contributed by atoms with Crippen molar-refractivity contribution in [2.45, 2.75) is 25.2 Å². The summed E-state index contributed by atoms with van der Waals surface area (Å²) in [4.78, 5) is 24.2. The van der Waals surface area contributed by atoms with Gasteiger partial charge in [-0.25, -0.2) is 8.42 Å². The molecule has 9 nitrogen and oxygen atoms in total. The molecule has 2 aromatic rings. The van der Waals surface area contributed by atoms with Crippen LogP contribution in [0.1, 0.15) is 17.5 Å². The molecule has 1 heterocycles. The van der Waals surface area contributed by atoms with Gasteiger partial charge in [0, 0.05) is 18.8 Å². The van der Waals surface area contributed by atoms with Crippen molar-refractivity contribution >= 4 is 27.6 Å². The zero-order chi connectivity index (χ0) is 23.8. The van der Waals surface area contributed by atoms with Crippen molar-refractivity contribution in [2.75, 3.05) is 44.8 Å². The molecular formula is C23H28N2O7S. The Morgan fingerprint density at radius 2 is 1.76 bits per heavy atom. The van der Waals surface area contributed by atoms with Crippen LogP contribution in [0.25, 0.3) is 0 Å². The summed E-state index contributed by atoms with van der Waals surface area (Å²) >= 11 is 0. The fourth-order valence-corrected chi connectivity index (χ4v) is 4.84. The van der Waals surface area contributed by atoms with Crippen LogP contribution in [0.2, 0.25) is 0 Å². The van der Waals surface area contributed by atoms with Crippen molar-refractivity contribution in [3.05, 3.63) is 53.6 Å². The van der Waals surface area contributed by atoms with Gasteiger partial charge in [0.1, 0.15) is 5.75 Å². The third kappa shape index (κ3) is 7.01. The van der Waals surface area contributed by atoms with Crippen molar-refractivity contribution in [2.24, 2.45) is 0 Å². The maximum Gasteiger partial charge on any atom is 0.309 e. The molecule has 1 aliphatic heterocycles. The lowest BCUT2D eigenvalue weighted by atomic mass is 10.2. The number of carbonyl (C=O) groups excluding carboxylic acids is 2. The molecule has 0 aromatic heterocycles. The standard InChI is InChI=1S/C23H28N2O7S/c1-17-3-7-20(8-4-17)31-12-9-23(27)32-16-22(26)24-19-6-5-18(2)21(15-19)33(28,29)25-10-13-30-14-11-25/h3-8,15H,9-14,16H2,1-2H3,(H,24,26). The van der Waals surface area contributed by atoms with E-state index in [2.05, 4.69) is 5.32 Å². The van der Waals surface area contributed by atoms with Gasteiger partial charge in [-0.3, -0.25) is 9.59 Å². The van der Waals surface area contributed by atoms with Crippen LogP contribution < -0.4 is 10.1 Å². The van der Waals surface area contributed by atoms with Crippen LogP contribution in [0.3, 0.4) is 0 Å². The van der Waals surface area contributed by atoms with Gasteiger partial charge in [0.2, 0.25) is 10.0 Å². The molecule has 0 aliphatic carbocycles. The largest absolute Gasteiger partial charge is 0.493 e. The summed E-state index contributed by atoms with van der Waals surface area (Å²) in [5, 5.41) is 2.57. The number of aryl methyl sites for hydroxylation is 2. The fourth-order valence-electron chi connectivity index (χ4n) is 3.18. The van der Waals surface area contributed by atoms with E-state index in [1.54, 1.807) is 19.1 Å². The molecule has 0 radical (unpaired) electrons. The van der Waals surface area contributed by atoms with E-state index < -0.39 is 28.5 Å². The number of esters is 1. The number of amides is 1. The normalized spacial score (nSPS) is 14.5. The first-order valence-electron chi connectivity index (χ1n) is 10.6. The molecule has 178 valence electrons. The first-order valence-corrected chi connectivity index (χ1v) is 12.0. The number of ether oxygens (including phenoxy) is 3. The number of anilines is 1. The zero-order valence-electron chi connectivity index (χ0n) is 18.7. The van der Waals surface area contributed by atoms with E-state index in [0.717, 1.165) is 5.56 Å². The van der Waals surface area contributed by atoms with Gasteiger partial charge in [0.05, 0.1) is 31.1 Å². The molecule has 0 saturated carbocycles. The predicted molar refractivity (Wildman–Crippen MR) is 122 cm³/mol. The monoisotopic (exact) mass is 476 g/mol. The first-order chi connectivity index (χ1) is 15.8. The number of hydrogen-bond donors (Lipinski definition) is 1. The Morgan fingerprint density at radius 3 is 2.45 bits per heavy atom. The molecule has 1 N–H and O–H groups in total. The summed E-state index contributed by atoms with van der Waals surface area (Å²) in [5.41, 5.74) is 1.97. The Balaban J connectivity index is 1.49. The van der Waals surface area contributed by atoms with E-state index in [4.69, 9.17) is 14.2 Å². The highest BCUT2D eigenvalue weighted by Gasteiger charge is 2.28. The van der Waals surface area contributed by atoms with E-state index in [-0.39, 0.29) is 31.0 Å². The molecule has 0 unspecified atom stereocenters. The van der Waals surface area contributed by atoms with Crippen molar-refractivity contribution < 1.29 is 32.2 Å². The topological polar surface area (TPSA) is 111 Å². The Hall–Kier alpha value is -2.95. The molecule has 33 heavy (non-hydrogen) atoms. The predicted octanol–water partition coefficient (Wildman–Crippen LogP) is 2.28. The molecular weight excluding hydrogens is 448 g/mol. The van der Waals surface area contributed by atoms with Crippen LogP contribution in [0.5, 0.6) is 5.75 Å². The highest BCUT2D eigenvalue weighted by molar-refractivity contribution is 7.89. The van der Waals surface area contributed by atoms with Gasteiger partial charge in [-0.2, -0.15) is 4.31 Å². The Labute approximate surface area is 193 Å². The molecule has 0 atom stereocenters. The highest BCUT2D eigenvalue weighted by atomic mass is 32.2. The van der Waals surface area contributed by atoms with E-state index >= 15 is 0 Å². The molecule has 1 amide bonds. The minimum absolute atomic E-state index is 0.00632. The Morgan fingerprint density at radius 1 is 1.06 bits per heavy atom. The summed E-state index contributed by atoms with van der Waals surface area (Å²) in [6.07, 6.45) is -0.00632. The second-order valence-corrected chi connectivity index (χ2v) is 9.52. The number of benzene rings is 2. The number of hydrogen-bond acceptors (Lipinski definition) is 7. The molecule has 3 rings (SSSR count). The third-order valence-corrected chi connectivity index (χ3v) is 7.06. The van der Waals surface area contributed by atoms with Crippen LogP contribution in [0, 0.1) is 13.8 Å². The van der Waals surface area contributed by atoms with E-state index in [1.165, 1.54) is 10.4 Å². The summed E-state index contributed by atoms with van der Waals surface area (Å²) in [6, 6.07) is 12.1. The maximum absolute atomic E-state index is 13.0. The molecule has 1 aliphatic rings. The average molecular weight is 477 g/mol. The Kier molecular flexibility index (Phi) is 8.43. The minimum Gasteiger partial charge on any atom is -0.493 e. The van der Waals surface area contributed by atoms with E-state index in [0.29, 0.717) is 30.2 Å². The third-order valence-electron chi connectivity index (χ3n) is 5.02. The van der Waals surface area contributed by atoms with Crippen LogP contribution in [-0.2, 0) is 29.1 Å². The molecule has 0 bridgehead atoms. The number of sulfonamides is 1. The Bertz CT molecular complexity index is 1080. The zero-order valence-corrected chi connectivity index (χ0v) is 19.5. The van der Waals surface area contributed by atoms with Gasteiger partial charge >= 0.3 is 5.97 Å². The number of nitrogens with one attached hydrogen (secondary N) is 1. The van der Waals surface area contributed by atoms with Crippen LogP contribution in [0.4, 0.5) is 5.69 Å². The summed E-state index contributed by atoms with van der Waals surface area (Å²) in [5.74, 6) is -0.494. The molecule has 1 saturated heterocycles. The van der Waals surface area contributed by atoms with Crippen LogP contribution in [0.15, 0.2) is 47.4 Å². The van der Waals surface area contributed by atoms with Crippen molar-refractivity contribution in [3.8, 4) is 5.75 Å². The smallest absolute Gasteiger partial charge is 0.309 e. The van der Waals surface area contributed by atoms with Gasteiger partial charge in [0.15, 0.2) is 6.61 Å². The minimum atomic E-state index is -3.71. The molecule has 2 aromatic carbocycles. The average Bonchev–Trinajstić information content (AvgIpc) is 2.81. The lowest BCUT2D eigenvalue weighted by Crippen LogP contribution is -2.40. The lowest BCUT2D eigenvalue weighted by molar-refractivity contribution is -0.147. The number of nitrogens with zero attached hydrogens (tertiary/aromatic N) is 1. The van der Waals surface area contributed by atoms with Crippen LogP contribution in [-0.4, -0.2) is 64.1 Å². The maximum atomic E-state index is 13.0. The van der Waals surface area contributed by atoms with Gasteiger partial charge in [0.25, 0.3) is 5.91 Å². The van der Waals surface area contributed by atoms with Gasteiger partial charge < -0.3 is 19.5 Å². The van der Waals surface area contributed by atoms with Crippen LogP contribution >= 0.6 is 0 Å². The number of morpholine rings is 1. The summed E-state index contributed by atoms with van der Waals surface area (Å²) in [6.45, 7) is 4.55. The van der Waals surface area contributed by atoms with E-state index in [1.807, 2.05) is 31.2 Å². The second kappa shape index (κ2) is 11.3. The SMILES string of the molecule is Cc1ccc(OCCC(=O)OCC(=O)Nc2ccc(C)c(S(=O)(=O)N3CCOCC3)c2)cc1.